The fourth-order valence-electron chi connectivity index (χ4n) is 1.88. The van der Waals surface area contributed by atoms with E-state index in [1.165, 1.54) is 23.5 Å². The Morgan fingerprint density at radius 3 is 2.88 bits per heavy atom. The lowest BCUT2D eigenvalue weighted by Gasteiger charge is -2.08. The average molecular weight is 384 g/mol. The highest BCUT2D eigenvalue weighted by molar-refractivity contribution is 7.89. The van der Waals surface area contributed by atoms with Crippen LogP contribution in [0.15, 0.2) is 41.1 Å². The Bertz CT molecular complexity index is 878. The van der Waals surface area contributed by atoms with E-state index in [1.54, 1.807) is 5.38 Å². The number of thiazole rings is 1. The van der Waals surface area contributed by atoms with Crippen LogP contribution in [-0.4, -0.2) is 25.9 Å². The second kappa shape index (κ2) is 8.32. The summed E-state index contributed by atoms with van der Waals surface area (Å²) in [6.45, 7) is 5.26. The smallest absolute Gasteiger partial charge is 0.338 e. The van der Waals surface area contributed by atoms with Gasteiger partial charge in [-0.05, 0) is 24.6 Å². The van der Waals surface area contributed by atoms with Crippen LogP contribution in [0.5, 0.6) is 0 Å². The summed E-state index contributed by atoms with van der Waals surface area (Å²) >= 11 is 1.46. The number of nitrogens with one attached hydrogen (secondary N) is 1. The van der Waals surface area contributed by atoms with E-state index in [0.29, 0.717) is 5.69 Å². The van der Waals surface area contributed by atoms with E-state index in [4.69, 9.17) is 4.74 Å². The molecule has 0 amide bonds. The predicted molar refractivity (Wildman–Crippen MR) is 92.4 cm³/mol. The Hall–Kier alpha value is -2.10. The first-order valence-electron chi connectivity index (χ1n) is 7.38. The van der Waals surface area contributed by atoms with Crippen LogP contribution in [0.2, 0.25) is 0 Å². The summed E-state index contributed by atoms with van der Waals surface area (Å²) in [5.41, 5.74) is 0.545. The number of halogens is 1. The van der Waals surface area contributed by atoms with Crippen LogP contribution in [0.3, 0.4) is 0 Å². The van der Waals surface area contributed by atoms with Crippen molar-refractivity contribution in [3.05, 3.63) is 58.3 Å². The van der Waals surface area contributed by atoms with Crippen LogP contribution in [0, 0.1) is 5.82 Å². The molecular formula is C16H17FN2O4S2. The lowest BCUT2D eigenvalue weighted by Crippen LogP contribution is -2.25. The monoisotopic (exact) mass is 384 g/mol. The van der Waals surface area contributed by atoms with Gasteiger partial charge in [0, 0.05) is 11.9 Å². The Morgan fingerprint density at radius 1 is 1.48 bits per heavy atom. The summed E-state index contributed by atoms with van der Waals surface area (Å²) in [5, 5.41) is 2.71. The fraction of sp³-hybridized carbons (Fsp3) is 0.250. The number of nitrogens with zero attached hydrogens (tertiary/aromatic N) is 1. The molecule has 0 aliphatic rings. The van der Waals surface area contributed by atoms with Gasteiger partial charge < -0.3 is 4.74 Å². The Balaban J connectivity index is 2.14. The van der Waals surface area contributed by atoms with Crippen LogP contribution in [0.4, 0.5) is 4.39 Å². The summed E-state index contributed by atoms with van der Waals surface area (Å²) in [5.74, 6) is -1.72. The second-order valence-corrected chi connectivity index (χ2v) is 7.63. The fourth-order valence-corrected chi connectivity index (χ4v) is 3.71. The van der Waals surface area contributed by atoms with Gasteiger partial charge in [0.25, 0.3) is 0 Å². The van der Waals surface area contributed by atoms with Gasteiger partial charge in [-0.3, -0.25) is 0 Å². The molecule has 1 aromatic heterocycles. The SMILES string of the molecule is C=CCNS(=O)(=O)c1cc(C(=O)OCc2csc(CC)n2)ccc1F. The lowest BCUT2D eigenvalue weighted by atomic mass is 10.2. The highest BCUT2D eigenvalue weighted by Gasteiger charge is 2.21. The third-order valence-electron chi connectivity index (χ3n) is 3.13. The minimum Gasteiger partial charge on any atom is -0.456 e. The Kier molecular flexibility index (Phi) is 6.40. The van der Waals surface area contributed by atoms with Gasteiger partial charge >= 0.3 is 5.97 Å². The lowest BCUT2D eigenvalue weighted by molar-refractivity contribution is 0.0468. The number of carbonyl (C=O) groups excluding carboxylic acids is 1. The number of esters is 1. The molecule has 25 heavy (non-hydrogen) atoms. The third-order valence-corrected chi connectivity index (χ3v) is 5.61. The van der Waals surface area contributed by atoms with E-state index in [1.807, 2.05) is 6.92 Å². The molecule has 0 aliphatic heterocycles. The molecule has 9 heteroatoms. The van der Waals surface area contributed by atoms with E-state index in [0.717, 1.165) is 23.6 Å². The zero-order valence-corrected chi connectivity index (χ0v) is 15.1. The molecule has 0 spiro atoms. The van der Waals surface area contributed by atoms with Gasteiger partial charge in [0.05, 0.1) is 16.3 Å². The first-order chi connectivity index (χ1) is 11.9. The van der Waals surface area contributed by atoms with Gasteiger partial charge in [-0.2, -0.15) is 0 Å². The molecule has 6 nitrogen and oxygen atoms in total. The van der Waals surface area contributed by atoms with Crippen molar-refractivity contribution in [2.75, 3.05) is 6.54 Å². The van der Waals surface area contributed by atoms with Crippen molar-refractivity contribution in [3.8, 4) is 0 Å². The molecule has 0 saturated heterocycles. The molecule has 1 heterocycles. The number of hydrogen-bond acceptors (Lipinski definition) is 6. The number of benzene rings is 1. The average Bonchev–Trinajstić information content (AvgIpc) is 3.06. The summed E-state index contributed by atoms with van der Waals surface area (Å²) in [7, 11) is -4.09. The summed E-state index contributed by atoms with van der Waals surface area (Å²) in [4.78, 5) is 15.7. The molecule has 0 radical (unpaired) electrons. The molecule has 0 saturated carbocycles. The van der Waals surface area contributed by atoms with Crippen LogP contribution in [0.25, 0.3) is 0 Å². The topological polar surface area (TPSA) is 85.4 Å². The van der Waals surface area contributed by atoms with Gasteiger partial charge in [-0.15, -0.1) is 17.9 Å². The number of aromatic nitrogens is 1. The standard InChI is InChI=1S/C16H17FN2O4S2/c1-3-7-18-25(21,22)14-8-11(5-6-13(14)17)16(20)23-9-12-10-24-15(4-2)19-12/h3,5-6,8,10,18H,1,4,7,9H2,2H3. The van der Waals surface area contributed by atoms with Crippen LogP contribution < -0.4 is 4.72 Å². The molecule has 0 bridgehead atoms. The van der Waals surface area contributed by atoms with Gasteiger partial charge in [-0.1, -0.05) is 13.0 Å². The number of sulfonamides is 1. The van der Waals surface area contributed by atoms with Crippen LogP contribution >= 0.6 is 11.3 Å². The summed E-state index contributed by atoms with van der Waals surface area (Å²) in [6.07, 6.45) is 2.11. The Morgan fingerprint density at radius 2 is 2.24 bits per heavy atom. The van der Waals surface area contributed by atoms with Crippen molar-refractivity contribution in [1.82, 2.24) is 9.71 Å². The molecule has 0 fully saturated rings. The van der Waals surface area contributed by atoms with Crippen molar-refractivity contribution in [2.45, 2.75) is 24.8 Å². The van der Waals surface area contributed by atoms with Crippen molar-refractivity contribution in [1.29, 1.82) is 0 Å². The van der Waals surface area contributed by atoms with Crippen LogP contribution in [-0.2, 0) is 27.8 Å². The van der Waals surface area contributed by atoms with E-state index in [-0.39, 0.29) is 18.7 Å². The van der Waals surface area contributed by atoms with Crippen molar-refractivity contribution < 1.29 is 22.3 Å². The molecule has 134 valence electrons. The van der Waals surface area contributed by atoms with Gasteiger partial charge in [-0.25, -0.2) is 27.3 Å². The van der Waals surface area contributed by atoms with E-state index < -0.39 is 26.7 Å². The largest absolute Gasteiger partial charge is 0.456 e. The number of ether oxygens (including phenoxy) is 1. The van der Waals surface area contributed by atoms with Crippen LogP contribution in [0.1, 0.15) is 28.0 Å². The van der Waals surface area contributed by atoms with Crippen molar-refractivity contribution >= 4 is 27.3 Å². The highest BCUT2D eigenvalue weighted by Crippen LogP contribution is 2.18. The number of carbonyl (C=O) groups is 1. The highest BCUT2D eigenvalue weighted by atomic mass is 32.2. The van der Waals surface area contributed by atoms with Gasteiger partial charge in [0.2, 0.25) is 10.0 Å². The molecule has 0 unspecified atom stereocenters. The first kappa shape index (κ1) is 19.2. The number of aryl methyl sites for hydroxylation is 1. The minimum absolute atomic E-state index is 0.0382. The molecule has 2 rings (SSSR count). The quantitative estimate of drug-likeness (QED) is 0.559. The summed E-state index contributed by atoms with van der Waals surface area (Å²) in [6, 6.07) is 3.03. The van der Waals surface area contributed by atoms with E-state index >= 15 is 0 Å². The predicted octanol–water partition coefficient (Wildman–Crippen LogP) is 2.67. The maximum Gasteiger partial charge on any atom is 0.338 e. The number of hydrogen-bond donors (Lipinski definition) is 1. The molecular weight excluding hydrogens is 367 g/mol. The van der Waals surface area contributed by atoms with E-state index in [9.17, 15) is 17.6 Å². The molecule has 2 aromatic rings. The first-order valence-corrected chi connectivity index (χ1v) is 9.74. The zero-order chi connectivity index (χ0) is 18.4. The molecule has 0 aliphatic carbocycles. The van der Waals surface area contributed by atoms with E-state index in [2.05, 4.69) is 16.3 Å². The molecule has 0 atom stereocenters. The maximum absolute atomic E-state index is 13.8. The van der Waals surface area contributed by atoms with Crippen molar-refractivity contribution in [2.24, 2.45) is 0 Å². The second-order valence-electron chi connectivity index (χ2n) is 4.95. The number of rotatable bonds is 8. The van der Waals surface area contributed by atoms with Crippen molar-refractivity contribution in [3.63, 3.8) is 0 Å². The molecule has 1 N–H and O–H groups in total. The Labute approximate surface area is 149 Å². The molecule has 1 aromatic carbocycles. The minimum atomic E-state index is -4.09. The normalized spacial score (nSPS) is 11.3. The van der Waals surface area contributed by atoms with Gasteiger partial charge in [0.1, 0.15) is 17.3 Å². The van der Waals surface area contributed by atoms with Gasteiger partial charge in [0.15, 0.2) is 0 Å². The maximum atomic E-state index is 13.8. The third kappa shape index (κ3) is 4.94. The summed E-state index contributed by atoms with van der Waals surface area (Å²) < 4.78 is 45.2. The zero-order valence-electron chi connectivity index (χ0n) is 13.5.